The summed E-state index contributed by atoms with van der Waals surface area (Å²) in [6.07, 6.45) is 0.391. The minimum absolute atomic E-state index is 0.0231. The standard InChI is InChI=1S/C29H25N3O/c33-28(19-22-9-3-1-4-10-22)30-20-23-15-17-25(18-16-23)29-31-26-13-7-8-14-27(26)32(29)21-24-11-5-2-6-12-24/h1-18H,19-21H2,(H,30,33). The van der Waals surface area contributed by atoms with Gasteiger partial charge in [0.2, 0.25) is 5.91 Å². The van der Waals surface area contributed by atoms with Crippen molar-refractivity contribution in [1.29, 1.82) is 0 Å². The molecule has 1 amide bonds. The van der Waals surface area contributed by atoms with Crippen LogP contribution in [0.25, 0.3) is 22.4 Å². The van der Waals surface area contributed by atoms with Crippen molar-refractivity contribution in [2.45, 2.75) is 19.5 Å². The first kappa shape index (κ1) is 20.7. The van der Waals surface area contributed by atoms with E-state index in [1.807, 2.05) is 42.5 Å². The number of carbonyl (C=O) groups excluding carboxylic acids is 1. The molecule has 4 nitrogen and oxygen atoms in total. The molecule has 0 radical (unpaired) electrons. The van der Waals surface area contributed by atoms with E-state index in [2.05, 4.69) is 76.6 Å². The molecule has 0 aliphatic carbocycles. The molecule has 0 aliphatic rings. The highest BCUT2D eigenvalue weighted by Crippen LogP contribution is 2.26. The van der Waals surface area contributed by atoms with Crippen LogP contribution in [0.5, 0.6) is 0 Å². The summed E-state index contributed by atoms with van der Waals surface area (Å²) in [4.78, 5) is 17.2. The Bertz CT molecular complexity index is 1360. The second kappa shape index (κ2) is 9.53. The molecule has 0 bridgehead atoms. The first-order valence-electron chi connectivity index (χ1n) is 11.2. The lowest BCUT2D eigenvalue weighted by Crippen LogP contribution is -2.24. The molecular formula is C29H25N3O. The molecule has 0 saturated carbocycles. The molecule has 0 aliphatic heterocycles. The van der Waals surface area contributed by atoms with E-state index in [1.165, 1.54) is 5.56 Å². The predicted molar refractivity (Wildman–Crippen MR) is 133 cm³/mol. The third-order valence-corrected chi connectivity index (χ3v) is 5.75. The average Bonchev–Trinajstić information content (AvgIpc) is 3.23. The van der Waals surface area contributed by atoms with Gasteiger partial charge in [-0.2, -0.15) is 0 Å². The second-order valence-electron chi connectivity index (χ2n) is 8.13. The Morgan fingerprint density at radius 1 is 0.697 bits per heavy atom. The fraction of sp³-hybridized carbons (Fsp3) is 0.103. The number of carbonyl (C=O) groups is 1. The first-order chi connectivity index (χ1) is 16.3. The molecule has 33 heavy (non-hydrogen) atoms. The van der Waals surface area contributed by atoms with E-state index in [0.29, 0.717) is 13.0 Å². The Labute approximate surface area is 193 Å². The van der Waals surface area contributed by atoms with Crippen LogP contribution < -0.4 is 5.32 Å². The van der Waals surface area contributed by atoms with E-state index in [4.69, 9.17) is 4.98 Å². The van der Waals surface area contributed by atoms with Gasteiger partial charge in [-0.1, -0.05) is 97.1 Å². The van der Waals surface area contributed by atoms with Crippen LogP contribution in [-0.2, 0) is 24.3 Å². The first-order valence-corrected chi connectivity index (χ1v) is 11.2. The number of benzene rings is 4. The van der Waals surface area contributed by atoms with Crippen LogP contribution in [0, 0.1) is 0 Å². The summed E-state index contributed by atoms with van der Waals surface area (Å²) in [5, 5.41) is 3.01. The molecule has 4 aromatic carbocycles. The van der Waals surface area contributed by atoms with Crippen molar-refractivity contribution < 1.29 is 4.79 Å². The maximum absolute atomic E-state index is 12.3. The van der Waals surface area contributed by atoms with E-state index in [0.717, 1.165) is 40.1 Å². The van der Waals surface area contributed by atoms with Crippen molar-refractivity contribution in [3.8, 4) is 11.4 Å². The van der Waals surface area contributed by atoms with Crippen LogP contribution in [0.4, 0.5) is 0 Å². The summed E-state index contributed by atoms with van der Waals surface area (Å²) in [6.45, 7) is 1.26. The van der Waals surface area contributed by atoms with Crippen LogP contribution >= 0.6 is 0 Å². The summed E-state index contributed by atoms with van der Waals surface area (Å²) >= 11 is 0. The summed E-state index contributed by atoms with van der Waals surface area (Å²) in [7, 11) is 0. The largest absolute Gasteiger partial charge is 0.352 e. The van der Waals surface area contributed by atoms with Gasteiger partial charge in [-0.15, -0.1) is 0 Å². The van der Waals surface area contributed by atoms with Crippen LogP contribution in [-0.4, -0.2) is 15.5 Å². The van der Waals surface area contributed by atoms with Gasteiger partial charge in [0.15, 0.2) is 0 Å². The van der Waals surface area contributed by atoms with Gasteiger partial charge >= 0.3 is 0 Å². The predicted octanol–water partition coefficient (Wildman–Crippen LogP) is 5.61. The number of amides is 1. The number of hydrogen-bond acceptors (Lipinski definition) is 2. The van der Waals surface area contributed by atoms with Gasteiger partial charge < -0.3 is 9.88 Å². The smallest absolute Gasteiger partial charge is 0.224 e. The Balaban J connectivity index is 1.34. The van der Waals surface area contributed by atoms with Gasteiger partial charge in [0, 0.05) is 18.7 Å². The third kappa shape index (κ3) is 4.85. The number of nitrogens with zero attached hydrogens (tertiary/aromatic N) is 2. The van der Waals surface area contributed by atoms with Gasteiger partial charge in [-0.3, -0.25) is 4.79 Å². The van der Waals surface area contributed by atoms with Crippen LogP contribution in [0.1, 0.15) is 16.7 Å². The van der Waals surface area contributed by atoms with E-state index in [-0.39, 0.29) is 5.91 Å². The number of fused-ring (bicyclic) bond motifs is 1. The van der Waals surface area contributed by atoms with Crippen molar-refractivity contribution in [1.82, 2.24) is 14.9 Å². The van der Waals surface area contributed by atoms with Gasteiger partial charge in [-0.25, -0.2) is 4.98 Å². The fourth-order valence-corrected chi connectivity index (χ4v) is 4.04. The lowest BCUT2D eigenvalue weighted by atomic mass is 10.1. The molecule has 4 heteroatoms. The number of para-hydroxylation sites is 2. The van der Waals surface area contributed by atoms with Crippen molar-refractivity contribution >= 4 is 16.9 Å². The highest BCUT2D eigenvalue weighted by atomic mass is 16.1. The molecule has 1 heterocycles. The van der Waals surface area contributed by atoms with E-state index in [9.17, 15) is 4.79 Å². The summed E-state index contributed by atoms with van der Waals surface area (Å²) in [5.41, 5.74) is 6.48. The van der Waals surface area contributed by atoms with Crippen molar-refractivity contribution in [3.05, 3.63) is 126 Å². The summed E-state index contributed by atoms with van der Waals surface area (Å²) in [6, 6.07) is 36.8. The quantitative estimate of drug-likeness (QED) is 0.364. The van der Waals surface area contributed by atoms with Crippen LogP contribution in [0.2, 0.25) is 0 Å². The van der Waals surface area contributed by atoms with E-state index in [1.54, 1.807) is 0 Å². The van der Waals surface area contributed by atoms with Crippen molar-refractivity contribution in [3.63, 3.8) is 0 Å². The fourth-order valence-electron chi connectivity index (χ4n) is 4.04. The summed E-state index contributed by atoms with van der Waals surface area (Å²) in [5.74, 6) is 0.967. The van der Waals surface area contributed by atoms with E-state index < -0.39 is 0 Å². The molecule has 5 rings (SSSR count). The van der Waals surface area contributed by atoms with Gasteiger partial charge in [-0.05, 0) is 28.8 Å². The minimum atomic E-state index is 0.0231. The molecule has 0 fully saturated rings. The number of imidazole rings is 1. The normalized spacial score (nSPS) is 10.9. The number of hydrogen-bond donors (Lipinski definition) is 1. The third-order valence-electron chi connectivity index (χ3n) is 5.75. The van der Waals surface area contributed by atoms with E-state index >= 15 is 0 Å². The Morgan fingerprint density at radius 3 is 2.06 bits per heavy atom. The Hall–Kier alpha value is -4.18. The highest BCUT2D eigenvalue weighted by molar-refractivity contribution is 5.81. The SMILES string of the molecule is O=C(Cc1ccccc1)NCc1ccc(-c2nc3ccccc3n2Cc2ccccc2)cc1. The maximum Gasteiger partial charge on any atom is 0.224 e. The molecule has 162 valence electrons. The number of rotatable bonds is 7. The number of aromatic nitrogens is 2. The zero-order chi connectivity index (χ0) is 22.5. The second-order valence-corrected chi connectivity index (χ2v) is 8.13. The lowest BCUT2D eigenvalue weighted by molar-refractivity contribution is -0.120. The zero-order valence-corrected chi connectivity index (χ0v) is 18.3. The highest BCUT2D eigenvalue weighted by Gasteiger charge is 2.13. The molecule has 0 spiro atoms. The minimum Gasteiger partial charge on any atom is -0.352 e. The average molecular weight is 432 g/mol. The molecule has 1 aromatic heterocycles. The van der Waals surface area contributed by atoms with Crippen molar-refractivity contribution in [2.24, 2.45) is 0 Å². The molecule has 5 aromatic rings. The molecule has 0 saturated heterocycles. The maximum atomic E-state index is 12.3. The van der Waals surface area contributed by atoms with Crippen LogP contribution in [0.15, 0.2) is 109 Å². The van der Waals surface area contributed by atoms with Crippen molar-refractivity contribution in [2.75, 3.05) is 0 Å². The molecular weight excluding hydrogens is 406 g/mol. The topological polar surface area (TPSA) is 46.9 Å². The number of nitrogens with one attached hydrogen (secondary N) is 1. The van der Waals surface area contributed by atoms with Crippen LogP contribution in [0.3, 0.4) is 0 Å². The molecule has 0 unspecified atom stereocenters. The zero-order valence-electron chi connectivity index (χ0n) is 18.3. The lowest BCUT2D eigenvalue weighted by Gasteiger charge is -2.11. The van der Waals surface area contributed by atoms with Gasteiger partial charge in [0.25, 0.3) is 0 Å². The Morgan fingerprint density at radius 2 is 1.33 bits per heavy atom. The Kier molecular flexibility index (Phi) is 5.98. The molecule has 0 atom stereocenters. The van der Waals surface area contributed by atoms with Gasteiger partial charge in [0.05, 0.1) is 17.5 Å². The molecule has 1 N–H and O–H groups in total. The van der Waals surface area contributed by atoms with Gasteiger partial charge in [0.1, 0.15) is 5.82 Å². The monoisotopic (exact) mass is 431 g/mol. The summed E-state index contributed by atoms with van der Waals surface area (Å²) < 4.78 is 2.27.